The van der Waals surface area contributed by atoms with Crippen LogP contribution in [0.1, 0.15) is 27.0 Å². The van der Waals surface area contributed by atoms with E-state index in [0.29, 0.717) is 42.6 Å². The molecule has 0 heterocycles. The van der Waals surface area contributed by atoms with Crippen LogP contribution in [0.3, 0.4) is 0 Å². The zero-order chi connectivity index (χ0) is 22.0. The number of carbonyl (C=O) groups excluding carboxylic acids is 1. The first-order valence-electron chi connectivity index (χ1n) is 10.5. The molecule has 0 aliphatic heterocycles. The molecule has 32 heavy (non-hydrogen) atoms. The maximum Gasteiger partial charge on any atom is 0.204 e. The van der Waals surface area contributed by atoms with Gasteiger partial charge in [-0.25, -0.2) is 0 Å². The maximum atomic E-state index is 11.8. The van der Waals surface area contributed by atoms with Gasteiger partial charge in [0, 0.05) is 0 Å². The first-order chi connectivity index (χ1) is 15.8. The third kappa shape index (κ3) is 5.55. The lowest BCUT2D eigenvalue weighted by atomic mass is 10.1. The Morgan fingerprint density at radius 3 is 1.41 bits per heavy atom. The van der Waals surface area contributed by atoms with Gasteiger partial charge >= 0.3 is 0 Å². The number of benzene rings is 4. The SMILES string of the molecule is O=Cc1ccc(OCc2ccccc2)c(OCc2ccccc2)c1OCc1ccccc1. The second-order valence-electron chi connectivity index (χ2n) is 7.25. The molecule has 0 saturated carbocycles. The maximum absolute atomic E-state index is 11.8. The number of hydrogen-bond acceptors (Lipinski definition) is 4. The van der Waals surface area contributed by atoms with E-state index in [1.165, 1.54) is 0 Å². The number of ether oxygens (including phenoxy) is 3. The van der Waals surface area contributed by atoms with Crippen LogP contribution in [0.2, 0.25) is 0 Å². The van der Waals surface area contributed by atoms with Gasteiger partial charge < -0.3 is 14.2 Å². The van der Waals surface area contributed by atoms with Crippen molar-refractivity contribution in [2.45, 2.75) is 19.8 Å². The molecule has 0 amide bonds. The van der Waals surface area contributed by atoms with Crippen molar-refractivity contribution in [1.29, 1.82) is 0 Å². The Morgan fingerprint density at radius 1 is 0.500 bits per heavy atom. The average molecular weight is 424 g/mol. The Kier molecular flexibility index (Phi) is 7.17. The smallest absolute Gasteiger partial charge is 0.204 e. The summed E-state index contributed by atoms with van der Waals surface area (Å²) in [5.41, 5.74) is 3.45. The van der Waals surface area contributed by atoms with Crippen molar-refractivity contribution >= 4 is 6.29 Å². The highest BCUT2D eigenvalue weighted by Crippen LogP contribution is 2.41. The Hall–Kier alpha value is -4.05. The summed E-state index contributed by atoms with van der Waals surface area (Å²) in [6.45, 7) is 1.01. The fourth-order valence-electron chi connectivity index (χ4n) is 3.25. The molecule has 0 atom stereocenters. The summed E-state index contributed by atoms with van der Waals surface area (Å²) in [7, 11) is 0. The van der Waals surface area contributed by atoms with Crippen LogP contribution in [-0.4, -0.2) is 6.29 Å². The van der Waals surface area contributed by atoms with E-state index in [1.54, 1.807) is 12.1 Å². The lowest BCUT2D eigenvalue weighted by molar-refractivity contribution is 0.111. The molecule has 0 saturated heterocycles. The van der Waals surface area contributed by atoms with E-state index in [2.05, 4.69) is 0 Å². The van der Waals surface area contributed by atoms with E-state index in [-0.39, 0.29) is 0 Å². The largest absolute Gasteiger partial charge is 0.485 e. The molecule has 0 N–H and O–H groups in total. The van der Waals surface area contributed by atoms with Gasteiger partial charge in [0.05, 0.1) is 5.56 Å². The monoisotopic (exact) mass is 424 g/mol. The minimum absolute atomic E-state index is 0.311. The van der Waals surface area contributed by atoms with Crippen LogP contribution in [0.4, 0.5) is 0 Å². The molecule has 160 valence electrons. The molecule has 0 radical (unpaired) electrons. The molecule has 0 aliphatic rings. The quantitative estimate of drug-likeness (QED) is 0.283. The highest BCUT2D eigenvalue weighted by molar-refractivity contribution is 5.82. The molecule has 0 unspecified atom stereocenters. The van der Waals surface area contributed by atoms with E-state index in [1.807, 2.05) is 91.0 Å². The summed E-state index contributed by atoms with van der Waals surface area (Å²) in [6, 6.07) is 33.0. The fraction of sp³-hybridized carbons (Fsp3) is 0.107. The number of carbonyl (C=O) groups is 1. The first kappa shape index (κ1) is 21.2. The van der Waals surface area contributed by atoms with Crippen molar-refractivity contribution < 1.29 is 19.0 Å². The van der Waals surface area contributed by atoms with Gasteiger partial charge in [-0.2, -0.15) is 0 Å². The standard InChI is InChI=1S/C28H24O4/c29-18-25-16-17-26(30-19-22-10-4-1-5-11-22)28(32-21-24-14-8-3-9-15-24)27(25)31-20-23-12-6-2-7-13-23/h1-18H,19-21H2. The third-order valence-corrected chi connectivity index (χ3v) is 4.92. The number of hydrogen-bond donors (Lipinski definition) is 0. The molecule has 4 aromatic rings. The van der Waals surface area contributed by atoms with Crippen LogP contribution in [0.5, 0.6) is 17.2 Å². The number of rotatable bonds is 10. The van der Waals surface area contributed by atoms with Crippen molar-refractivity contribution in [1.82, 2.24) is 0 Å². The van der Waals surface area contributed by atoms with Gasteiger partial charge in [0.1, 0.15) is 19.8 Å². The van der Waals surface area contributed by atoms with Crippen molar-refractivity contribution in [2.75, 3.05) is 0 Å². The Bertz CT molecular complexity index is 1130. The van der Waals surface area contributed by atoms with Crippen molar-refractivity contribution in [2.24, 2.45) is 0 Å². The topological polar surface area (TPSA) is 44.8 Å². The molecule has 0 bridgehead atoms. The highest BCUT2D eigenvalue weighted by Gasteiger charge is 2.18. The molecule has 0 spiro atoms. The van der Waals surface area contributed by atoms with E-state index in [0.717, 1.165) is 23.0 Å². The molecule has 4 heteroatoms. The van der Waals surface area contributed by atoms with Crippen LogP contribution in [-0.2, 0) is 19.8 Å². The molecular weight excluding hydrogens is 400 g/mol. The van der Waals surface area contributed by atoms with Gasteiger partial charge in [-0.3, -0.25) is 4.79 Å². The average Bonchev–Trinajstić information content (AvgIpc) is 2.87. The molecule has 4 aromatic carbocycles. The lowest BCUT2D eigenvalue weighted by Crippen LogP contribution is -2.06. The molecule has 0 aliphatic carbocycles. The molecule has 4 nitrogen and oxygen atoms in total. The van der Waals surface area contributed by atoms with Crippen LogP contribution < -0.4 is 14.2 Å². The van der Waals surface area contributed by atoms with Crippen molar-refractivity contribution in [3.05, 3.63) is 125 Å². The fourth-order valence-corrected chi connectivity index (χ4v) is 3.25. The number of aldehydes is 1. The Labute approximate surface area is 188 Å². The second kappa shape index (κ2) is 10.8. The predicted molar refractivity (Wildman–Crippen MR) is 124 cm³/mol. The predicted octanol–water partition coefficient (Wildman–Crippen LogP) is 6.24. The summed E-state index contributed by atoms with van der Waals surface area (Å²) in [4.78, 5) is 11.8. The van der Waals surface area contributed by atoms with Crippen molar-refractivity contribution in [3.8, 4) is 17.2 Å². The lowest BCUT2D eigenvalue weighted by Gasteiger charge is -2.19. The Morgan fingerprint density at radius 2 is 0.938 bits per heavy atom. The van der Waals surface area contributed by atoms with Crippen LogP contribution in [0.15, 0.2) is 103 Å². The van der Waals surface area contributed by atoms with E-state index in [4.69, 9.17) is 14.2 Å². The summed E-state index contributed by atoms with van der Waals surface area (Å²) in [6.07, 6.45) is 0.774. The van der Waals surface area contributed by atoms with Gasteiger partial charge in [0.2, 0.25) is 5.75 Å². The van der Waals surface area contributed by atoms with Crippen LogP contribution in [0.25, 0.3) is 0 Å². The summed E-state index contributed by atoms with van der Waals surface area (Å²) < 4.78 is 18.3. The molecular formula is C28H24O4. The van der Waals surface area contributed by atoms with Crippen molar-refractivity contribution in [3.63, 3.8) is 0 Å². The Balaban J connectivity index is 1.63. The van der Waals surface area contributed by atoms with Crippen LogP contribution >= 0.6 is 0 Å². The molecule has 4 rings (SSSR count). The highest BCUT2D eigenvalue weighted by atomic mass is 16.5. The summed E-state index contributed by atoms with van der Waals surface area (Å²) in [5.74, 6) is 1.33. The van der Waals surface area contributed by atoms with Gasteiger partial charge in [-0.15, -0.1) is 0 Å². The van der Waals surface area contributed by atoms with Gasteiger partial charge in [-0.05, 0) is 28.8 Å². The molecule has 0 fully saturated rings. The zero-order valence-electron chi connectivity index (χ0n) is 17.6. The minimum Gasteiger partial charge on any atom is -0.485 e. The normalized spacial score (nSPS) is 10.4. The molecule has 0 aromatic heterocycles. The van der Waals surface area contributed by atoms with Gasteiger partial charge in [-0.1, -0.05) is 91.0 Å². The van der Waals surface area contributed by atoms with E-state index >= 15 is 0 Å². The van der Waals surface area contributed by atoms with E-state index in [9.17, 15) is 4.79 Å². The summed E-state index contributed by atoms with van der Waals surface area (Å²) in [5, 5.41) is 0. The first-order valence-corrected chi connectivity index (χ1v) is 10.5. The van der Waals surface area contributed by atoms with E-state index < -0.39 is 0 Å². The third-order valence-electron chi connectivity index (χ3n) is 4.92. The minimum atomic E-state index is 0.311. The zero-order valence-corrected chi connectivity index (χ0v) is 17.6. The van der Waals surface area contributed by atoms with Gasteiger partial charge in [0.15, 0.2) is 17.8 Å². The van der Waals surface area contributed by atoms with Gasteiger partial charge in [0.25, 0.3) is 0 Å². The second-order valence-corrected chi connectivity index (χ2v) is 7.25. The van der Waals surface area contributed by atoms with Crippen LogP contribution in [0, 0.1) is 0 Å². The summed E-state index contributed by atoms with van der Waals surface area (Å²) >= 11 is 0.